The van der Waals surface area contributed by atoms with E-state index < -0.39 is 27.8 Å². The smallest absolute Gasteiger partial charge is 0.748 e. The third-order valence-corrected chi connectivity index (χ3v) is 7.16. The molecule has 0 unspecified atom stereocenters. The Balaban J connectivity index is 0.0000137. The molecule has 38 heavy (non-hydrogen) atoms. The Kier molecular flexibility index (Phi) is 23.3. The van der Waals surface area contributed by atoms with Crippen LogP contribution in [0.5, 0.6) is 0 Å². The average molecular weight is 563 g/mol. The van der Waals surface area contributed by atoms with Gasteiger partial charge in [-0.25, -0.2) is 18.0 Å². The molecule has 1 aromatic carbocycles. The van der Waals surface area contributed by atoms with Gasteiger partial charge in [0.1, 0.15) is 0 Å². The molecule has 0 radical (unpaired) electrons. The van der Waals surface area contributed by atoms with Gasteiger partial charge in [0.25, 0.3) is 0 Å². The molecular weight excluding hydrogens is 515 g/mol. The first kappa shape index (κ1) is 37.1. The Hall–Kier alpha value is -0.930. The Morgan fingerprint density at radius 3 is 1.34 bits per heavy atom. The maximum absolute atomic E-state index is 12.5. The summed E-state index contributed by atoms with van der Waals surface area (Å²) in [5.41, 5.74) is 0.260. The van der Waals surface area contributed by atoms with Gasteiger partial charge in [0.15, 0.2) is 0 Å². The summed E-state index contributed by atoms with van der Waals surface area (Å²) >= 11 is 0. The summed E-state index contributed by atoms with van der Waals surface area (Å²) in [5, 5.41) is 0. The summed E-state index contributed by atoms with van der Waals surface area (Å²) in [6, 6.07) is 6.30. The van der Waals surface area contributed by atoms with Crippen molar-refractivity contribution in [2.75, 3.05) is 19.0 Å². The van der Waals surface area contributed by atoms with Crippen LogP contribution in [0.15, 0.2) is 24.3 Å². The van der Waals surface area contributed by atoms with Gasteiger partial charge in [0.05, 0.1) is 34.5 Å². The molecule has 0 saturated heterocycles. The predicted molar refractivity (Wildman–Crippen MR) is 146 cm³/mol. The number of esters is 2. The Labute approximate surface area is 252 Å². The molecule has 0 aliphatic carbocycles. The van der Waals surface area contributed by atoms with E-state index in [0.29, 0.717) is 6.61 Å². The Morgan fingerprint density at radius 1 is 0.632 bits per heavy atom. The molecule has 1 rings (SSSR count). The zero-order chi connectivity index (χ0) is 27.2. The molecule has 0 amide bonds. The van der Waals surface area contributed by atoms with Crippen LogP contribution in [0.4, 0.5) is 0 Å². The minimum Gasteiger partial charge on any atom is -0.748 e. The first-order valence-electron chi connectivity index (χ1n) is 14.2. The fourth-order valence-corrected chi connectivity index (χ4v) is 4.74. The summed E-state index contributed by atoms with van der Waals surface area (Å²) in [5.74, 6) is -1.73. The largest absolute Gasteiger partial charge is 1.00 e. The normalized spacial score (nSPS) is 11.1. The molecule has 0 fully saturated rings. The number of hydrogen-bond donors (Lipinski definition) is 0. The molecule has 0 aromatic heterocycles. The number of benzene rings is 1. The molecule has 0 atom stereocenters. The average Bonchev–Trinajstić information content (AvgIpc) is 2.87. The SMILES string of the molecule is CCCCCCCCCCCCCCCCCOC(=O)c1ccccc1C(=O)OCCCCS(=O)(=O)[O-].[Na+]. The number of carbonyl (C=O) groups excluding carboxylic acids is 2. The van der Waals surface area contributed by atoms with Crippen molar-refractivity contribution in [1.29, 1.82) is 0 Å². The van der Waals surface area contributed by atoms with Gasteiger partial charge < -0.3 is 14.0 Å². The van der Waals surface area contributed by atoms with Crippen LogP contribution in [0.3, 0.4) is 0 Å². The van der Waals surface area contributed by atoms with Crippen LogP contribution in [0, 0.1) is 0 Å². The molecular formula is C29H47NaO7S. The summed E-state index contributed by atoms with van der Waals surface area (Å²) in [4.78, 5) is 24.8. The molecule has 9 heteroatoms. The second kappa shape index (κ2) is 23.9. The molecule has 0 aliphatic rings. The van der Waals surface area contributed by atoms with E-state index in [1.165, 1.54) is 89.2 Å². The van der Waals surface area contributed by atoms with E-state index >= 15 is 0 Å². The minimum absolute atomic E-state index is 0. The number of carbonyl (C=O) groups is 2. The maximum atomic E-state index is 12.5. The molecule has 0 bridgehead atoms. The van der Waals surface area contributed by atoms with Gasteiger partial charge in [0.2, 0.25) is 0 Å². The number of hydrogen-bond acceptors (Lipinski definition) is 7. The predicted octanol–water partition coefficient (Wildman–Crippen LogP) is 4.20. The van der Waals surface area contributed by atoms with Crippen LogP contribution in [0.1, 0.15) is 137 Å². The molecule has 0 N–H and O–H groups in total. The van der Waals surface area contributed by atoms with E-state index in [-0.39, 0.29) is 60.1 Å². The monoisotopic (exact) mass is 562 g/mol. The molecule has 212 valence electrons. The van der Waals surface area contributed by atoms with Gasteiger partial charge in [-0.1, -0.05) is 109 Å². The molecule has 0 heterocycles. The van der Waals surface area contributed by atoms with Crippen molar-refractivity contribution in [1.82, 2.24) is 0 Å². The van der Waals surface area contributed by atoms with E-state index in [1.807, 2.05) is 0 Å². The first-order valence-corrected chi connectivity index (χ1v) is 15.8. The van der Waals surface area contributed by atoms with Crippen molar-refractivity contribution < 1.29 is 61.6 Å². The minimum atomic E-state index is -4.27. The molecule has 1 aromatic rings. The van der Waals surface area contributed by atoms with Gasteiger partial charge in [-0.3, -0.25) is 0 Å². The van der Waals surface area contributed by atoms with Crippen molar-refractivity contribution in [2.24, 2.45) is 0 Å². The Bertz CT molecular complexity index is 858. The number of unbranched alkanes of at least 4 members (excludes halogenated alkanes) is 15. The fraction of sp³-hybridized carbons (Fsp3) is 0.724. The number of ether oxygens (including phenoxy) is 2. The molecule has 0 spiro atoms. The van der Waals surface area contributed by atoms with Gasteiger partial charge in [-0.15, -0.1) is 0 Å². The molecule has 0 saturated carbocycles. The van der Waals surface area contributed by atoms with E-state index in [0.717, 1.165) is 19.3 Å². The third-order valence-electron chi connectivity index (χ3n) is 6.37. The van der Waals surface area contributed by atoms with Crippen LogP contribution in [-0.2, 0) is 19.6 Å². The van der Waals surface area contributed by atoms with Crippen molar-refractivity contribution in [3.63, 3.8) is 0 Å². The van der Waals surface area contributed by atoms with Crippen LogP contribution in [-0.4, -0.2) is 43.9 Å². The zero-order valence-corrected chi connectivity index (χ0v) is 26.5. The first-order chi connectivity index (χ1) is 17.8. The van der Waals surface area contributed by atoms with Crippen LogP contribution >= 0.6 is 0 Å². The van der Waals surface area contributed by atoms with Crippen molar-refractivity contribution in [3.05, 3.63) is 35.4 Å². The van der Waals surface area contributed by atoms with Crippen LogP contribution < -0.4 is 29.6 Å². The summed E-state index contributed by atoms with van der Waals surface area (Å²) in [6.45, 7) is 2.53. The van der Waals surface area contributed by atoms with Gasteiger partial charge >= 0.3 is 41.5 Å². The van der Waals surface area contributed by atoms with Crippen molar-refractivity contribution >= 4 is 22.1 Å². The van der Waals surface area contributed by atoms with Gasteiger partial charge in [0, 0.05) is 5.75 Å². The van der Waals surface area contributed by atoms with Crippen LogP contribution in [0.25, 0.3) is 0 Å². The summed E-state index contributed by atoms with van der Waals surface area (Å²) in [6.07, 6.45) is 19.4. The van der Waals surface area contributed by atoms with Gasteiger partial charge in [-0.05, 0) is 31.4 Å². The summed E-state index contributed by atoms with van der Waals surface area (Å²) < 4.78 is 42.3. The quantitative estimate of drug-likeness (QED) is 0.0851. The van der Waals surface area contributed by atoms with E-state index in [2.05, 4.69) is 6.92 Å². The van der Waals surface area contributed by atoms with E-state index in [9.17, 15) is 22.6 Å². The summed E-state index contributed by atoms with van der Waals surface area (Å²) in [7, 11) is -4.27. The second-order valence-corrected chi connectivity index (χ2v) is 11.3. The topological polar surface area (TPSA) is 110 Å². The number of rotatable bonds is 23. The van der Waals surface area contributed by atoms with Crippen molar-refractivity contribution in [2.45, 2.75) is 116 Å². The standard InChI is InChI=1S/C29H48O7S.Na/c1-2-3-4-5-6-7-8-9-10-11-12-13-14-15-18-23-35-28(30)26-21-16-17-22-27(26)29(31)36-24-19-20-25-37(32,33)34;/h16-17,21-22H,2-15,18-20,23-25H2,1H3,(H,32,33,34);/q;+1/p-1. The Morgan fingerprint density at radius 2 is 0.974 bits per heavy atom. The zero-order valence-electron chi connectivity index (χ0n) is 23.7. The second-order valence-electron chi connectivity index (χ2n) is 9.74. The molecule has 7 nitrogen and oxygen atoms in total. The maximum Gasteiger partial charge on any atom is 1.00 e. The van der Waals surface area contributed by atoms with E-state index in [4.69, 9.17) is 9.47 Å². The van der Waals surface area contributed by atoms with E-state index in [1.54, 1.807) is 12.1 Å². The fourth-order valence-electron chi connectivity index (χ4n) is 4.18. The van der Waals surface area contributed by atoms with Crippen LogP contribution in [0.2, 0.25) is 0 Å². The third kappa shape index (κ3) is 20.0. The van der Waals surface area contributed by atoms with Gasteiger partial charge in [-0.2, -0.15) is 0 Å². The molecule has 0 aliphatic heterocycles. The van der Waals surface area contributed by atoms with Crippen molar-refractivity contribution in [3.8, 4) is 0 Å².